The number of pyridine rings is 2. The van der Waals surface area contributed by atoms with E-state index < -0.39 is 5.82 Å². The number of aromatic nitrogens is 2. The molecule has 2 aromatic heterocycles. The highest BCUT2D eigenvalue weighted by Crippen LogP contribution is 2.33. The van der Waals surface area contributed by atoms with Crippen molar-refractivity contribution in [3.05, 3.63) is 71.0 Å². The number of ether oxygens (including phenoxy) is 1. The van der Waals surface area contributed by atoms with Gasteiger partial charge >= 0.3 is 0 Å². The van der Waals surface area contributed by atoms with Gasteiger partial charge in [-0.3, -0.25) is 14.6 Å². The lowest BCUT2D eigenvalue weighted by Gasteiger charge is -2.15. The van der Waals surface area contributed by atoms with E-state index in [4.69, 9.17) is 4.74 Å². The first-order valence-electron chi connectivity index (χ1n) is 9.29. The van der Waals surface area contributed by atoms with Crippen molar-refractivity contribution in [3.63, 3.8) is 0 Å². The van der Waals surface area contributed by atoms with E-state index in [1.807, 2.05) is 6.07 Å². The largest absolute Gasteiger partial charge is 0.496 e. The van der Waals surface area contributed by atoms with E-state index >= 15 is 0 Å². The summed E-state index contributed by atoms with van der Waals surface area (Å²) in [5.41, 5.74) is 1.04. The van der Waals surface area contributed by atoms with Crippen LogP contribution in [0.2, 0.25) is 0 Å². The van der Waals surface area contributed by atoms with Crippen LogP contribution >= 0.6 is 0 Å². The maximum absolute atomic E-state index is 14.4. The van der Waals surface area contributed by atoms with Crippen LogP contribution in [0.4, 0.5) is 4.39 Å². The van der Waals surface area contributed by atoms with E-state index in [1.165, 1.54) is 19.3 Å². The second-order valence-electron chi connectivity index (χ2n) is 7.00. The van der Waals surface area contributed by atoms with Crippen molar-refractivity contribution in [1.29, 1.82) is 0 Å². The average molecular weight is 393 g/mol. The summed E-state index contributed by atoms with van der Waals surface area (Å²) in [5.74, 6) is -0.187. The monoisotopic (exact) mass is 393 g/mol. The molecule has 1 aliphatic rings. The third-order valence-electron chi connectivity index (χ3n) is 5.31. The van der Waals surface area contributed by atoms with Gasteiger partial charge in [0.1, 0.15) is 11.6 Å². The fourth-order valence-electron chi connectivity index (χ4n) is 3.80. The summed E-state index contributed by atoms with van der Waals surface area (Å²) in [6.45, 7) is 4.67. The molecule has 0 bridgehead atoms. The van der Waals surface area contributed by atoms with Crippen molar-refractivity contribution >= 4 is 16.7 Å². The minimum Gasteiger partial charge on any atom is -0.496 e. The molecule has 6 nitrogen and oxygen atoms in total. The number of hydrogen-bond acceptors (Lipinski definition) is 4. The number of nitrogens with zero attached hydrogens (tertiary/aromatic N) is 2. The highest BCUT2D eigenvalue weighted by Gasteiger charge is 2.27. The number of benzene rings is 1. The number of fused-ring (bicyclic) bond motifs is 1. The molecular formula is C22H20FN3O3. The zero-order chi connectivity index (χ0) is 20.5. The van der Waals surface area contributed by atoms with Gasteiger partial charge in [0.05, 0.1) is 23.8 Å². The second-order valence-corrected chi connectivity index (χ2v) is 7.00. The third-order valence-corrected chi connectivity index (χ3v) is 5.31. The number of H-pyrrole nitrogens is 1. The lowest BCUT2D eigenvalue weighted by atomic mass is 10.0. The van der Waals surface area contributed by atoms with Gasteiger partial charge < -0.3 is 14.6 Å². The molecule has 7 heteroatoms. The topological polar surface area (TPSA) is 75.3 Å². The van der Waals surface area contributed by atoms with Crippen LogP contribution in [0.3, 0.4) is 0 Å². The van der Waals surface area contributed by atoms with Gasteiger partial charge in [-0.05, 0) is 36.8 Å². The summed E-state index contributed by atoms with van der Waals surface area (Å²) in [6.07, 6.45) is 3.63. The SMILES string of the molecule is C=CC(=O)N1CC[C@H](c2cc3cnc(-c4c(F)cccc4OC)cc3c(=O)[nH]2)C1. The maximum Gasteiger partial charge on any atom is 0.256 e. The molecule has 1 atom stereocenters. The molecule has 1 aromatic carbocycles. The Morgan fingerprint density at radius 3 is 3.00 bits per heavy atom. The maximum atomic E-state index is 14.4. The molecule has 4 rings (SSSR count). The molecule has 1 aliphatic heterocycles. The number of halogens is 1. The zero-order valence-corrected chi connectivity index (χ0v) is 15.9. The summed E-state index contributed by atoms with van der Waals surface area (Å²) in [5, 5.41) is 1.08. The number of methoxy groups -OCH3 is 1. The zero-order valence-electron chi connectivity index (χ0n) is 15.9. The fourth-order valence-corrected chi connectivity index (χ4v) is 3.80. The van der Waals surface area contributed by atoms with E-state index in [9.17, 15) is 14.0 Å². The van der Waals surface area contributed by atoms with Crippen molar-refractivity contribution in [2.75, 3.05) is 20.2 Å². The standard InChI is InChI=1S/C22H20FN3O3/c1-3-20(27)26-8-7-13(12-26)17-9-14-11-24-18(10-15(14)22(28)25-17)21-16(23)5-4-6-19(21)29-2/h3-6,9-11,13H,1,7-8,12H2,2H3,(H,25,28)/t13-/m0/s1. The Labute approximate surface area is 166 Å². The van der Waals surface area contributed by atoms with E-state index in [2.05, 4.69) is 16.5 Å². The Hall–Kier alpha value is -3.48. The quantitative estimate of drug-likeness (QED) is 0.691. The highest BCUT2D eigenvalue weighted by molar-refractivity contribution is 5.87. The van der Waals surface area contributed by atoms with E-state index in [0.717, 1.165) is 12.1 Å². The number of hydrogen-bond donors (Lipinski definition) is 1. The predicted molar refractivity (Wildman–Crippen MR) is 108 cm³/mol. The fraction of sp³-hybridized carbons (Fsp3) is 0.227. The van der Waals surface area contributed by atoms with E-state index in [-0.39, 0.29) is 22.9 Å². The van der Waals surface area contributed by atoms with Crippen molar-refractivity contribution in [2.24, 2.45) is 0 Å². The molecular weight excluding hydrogens is 373 g/mol. The smallest absolute Gasteiger partial charge is 0.256 e. The van der Waals surface area contributed by atoms with E-state index in [1.54, 1.807) is 29.3 Å². The number of likely N-dealkylation sites (tertiary alicyclic amines) is 1. The van der Waals surface area contributed by atoms with Crippen LogP contribution in [0.1, 0.15) is 18.0 Å². The number of carbonyl (C=O) groups excluding carboxylic acids is 1. The number of nitrogens with one attached hydrogen (secondary N) is 1. The van der Waals surface area contributed by atoms with Crippen molar-refractivity contribution in [2.45, 2.75) is 12.3 Å². The summed E-state index contributed by atoms with van der Waals surface area (Å²) in [7, 11) is 1.46. The number of rotatable bonds is 4. The minimum atomic E-state index is -0.470. The van der Waals surface area contributed by atoms with Gasteiger partial charge in [0, 0.05) is 36.3 Å². The van der Waals surface area contributed by atoms with E-state index in [0.29, 0.717) is 35.3 Å². The molecule has 0 spiro atoms. The first-order chi connectivity index (χ1) is 14.0. The number of carbonyl (C=O) groups is 1. The number of amides is 1. The van der Waals surface area contributed by atoms with Gasteiger partial charge in [-0.25, -0.2) is 4.39 Å². The first kappa shape index (κ1) is 18.9. The lowest BCUT2D eigenvalue weighted by Crippen LogP contribution is -2.26. The van der Waals surface area contributed by atoms with Crippen LogP contribution in [-0.2, 0) is 4.79 Å². The molecule has 1 N–H and O–H groups in total. The molecule has 0 unspecified atom stereocenters. The molecule has 1 amide bonds. The van der Waals surface area contributed by atoms with Crippen LogP contribution in [0, 0.1) is 5.82 Å². The van der Waals surface area contributed by atoms with Crippen molar-refractivity contribution in [3.8, 4) is 17.0 Å². The molecule has 1 fully saturated rings. The average Bonchev–Trinajstić information content (AvgIpc) is 3.23. The van der Waals surface area contributed by atoms with Gasteiger partial charge in [-0.2, -0.15) is 0 Å². The summed E-state index contributed by atoms with van der Waals surface area (Å²) in [6, 6.07) is 7.97. The Bertz CT molecular complexity index is 1170. The van der Waals surface area contributed by atoms with Gasteiger partial charge in [-0.1, -0.05) is 12.6 Å². The molecule has 0 radical (unpaired) electrons. The lowest BCUT2D eigenvalue weighted by molar-refractivity contribution is -0.125. The van der Waals surface area contributed by atoms with Crippen molar-refractivity contribution < 1.29 is 13.9 Å². The first-order valence-corrected chi connectivity index (χ1v) is 9.29. The third kappa shape index (κ3) is 3.40. The molecule has 0 saturated carbocycles. The summed E-state index contributed by atoms with van der Waals surface area (Å²) < 4.78 is 19.6. The Morgan fingerprint density at radius 1 is 1.41 bits per heavy atom. The van der Waals surface area contributed by atoms with Crippen LogP contribution in [0.5, 0.6) is 5.75 Å². The second kappa shape index (κ2) is 7.50. The highest BCUT2D eigenvalue weighted by atomic mass is 19.1. The predicted octanol–water partition coefficient (Wildman–Crippen LogP) is 3.24. The van der Waals surface area contributed by atoms with Crippen LogP contribution in [0.25, 0.3) is 22.0 Å². The normalized spacial score (nSPS) is 16.2. The van der Waals surface area contributed by atoms with Gasteiger partial charge in [0.2, 0.25) is 5.91 Å². The molecule has 0 aliphatic carbocycles. The molecule has 3 aromatic rings. The Kier molecular flexibility index (Phi) is 4.88. The molecule has 29 heavy (non-hydrogen) atoms. The Morgan fingerprint density at radius 2 is 2.24 bits per heavy atom. The Balaban J connectivity index is 1.73. The molecule has 3 heterocycles. The minimum absolute atomic E-state index is 0.0438. The molecule has 148 valence electrons. The summed E-state index contributed by atoms with van der Waals surface area (Å²) >= 11 is 0. The van der Waals surface area contributed by atoms with Gasteiger partial charge in [-0.15, -0.1) is 0 Å². The van der Waals surface area contributed by atoms with Crippen molar-refractivity contribution in [1.82, 2.24) is 14.9 Å². The molecule has 1 saturated heterocycles. The van der Waals surface area contributed by atoms with Gasteiger partial charge in [0.25, 0.3) is 5.56 Å². The van der Waals surface area contributed by atoms with Crippen LogP contribution in [0.15, 0.2) is 54.0 Å². The van der Waals surface area contributed by atoms with Gasteiger partial charge in [0.15, 0.2) is 0 Å². The van der Waals surface area contributed by atoms with Crippen LogP contribution in [-0.4, -0.2) is 41.0 Å². The summed E-state index contributed by atoms with van der Waals surface area (Å²) in [4.78, 5) is 33.5. The number of aromatic amines is 1. The van der Waals surface area contributed by atoms with Crippen LogP contribution < -0.4 is 10.3 Å².